The van der Waals surface area contributed by atoms with Crippen LogP contribution in [0.1, 0.15) is 13.8 Å². The van der Waals surface area contributed by atoms with Gasteiger partial charge in [0.2, 0.25) is 0 Å². The quantitative estimate of drug-likeness (QED) is 0.338. The van der Waals surface area contributed by atoms with Crippen molar-refractivity contribution in [2.45, 2.75) is 13.8 Å². The van der Waals surface area contributed by atoms with E-state index in [1.165, 1.54) is 0 Å². The van der Waals surface area contributed by atoms with Crippen LogP contribution in [0.5, 0.6) is 0 Å². The van der Waals surface area contributed by atoms with Crippen LogP contribution < -0.4 is 0 Å². The molecule has 0 unspecified atom stereocenters. The van der Waals surface area contributed by atoms with Gasteiger partial charge in [0, 0.05) is 6.66 Å². The van der Waals surface area contributed by atoms with Gasteiger partial charge < -0.3 is 9.05 Å². The summed E-state index contributed by atoms with van der Waals surface area (Å²) in [6.45, 7) is 13.1. The van der Waals surface area contributed by atoms with Crippen LogP contribution in [-0.4, -0.2) is 6.66 Å². The van der Waals surface area contributed by atoms with Crippen molar-refractivity contribution >= 4 is 8.38 Å². The van der Waals surface area contributed by atoms with Gasteiger partial charge in [-0.3, -0.25) is 0 Å². The Bertz CT molecular complexity index is 340. The summed E-state index contributed by atoms with van der Waals surface area (Å²) in [6, 6.07) is 0. The molecule has 0 heterocycles. The molecule has 0 aromatic heterocycles. The van der Waals surface area contributed by atoms with Crippen molar-refractivity contribution in [3.63, 3.8) is 0 Å². The molecular weight excluding hydrogens is 243 g/mol. The predicted molar refractivity (Wildman–Crippen MR) is 81.2 cm³/mol. The number of rotatable bonds is 8. The standard InChI is InChI=1S/C15H21O2P/c1-6-10-14(11-7-2)16-18(5)17-15(12-8-3)13-9-4/h6-13H,1,3H2,2,4-5H3. The van der Waals surface area contributed by atoms with Crippen LogP contribution in [0.4, 0.5) is 0 Å². The van der Waals surface area contributed by atoms with Gasteiger partial charge in [0.25, 0.3) is 8.38 Å². The van der Waals surface area contributed by atoms with E-state index in [2.05, 4.69) is 13.2 Å². The molecule has 0 radical (unpaired) electrons. The van der Waals surface area contributed by atoms with E-state index in [-0.39, 0.29) is 0 Å². The maximum atomic E-state index is 5.69. The molecular formula is C15H21O2P. The highest BCUT2D eigenvalue weighted by atomic mass is 31.2. The molecule has 0 aliphatic heterocycles. The first kappa shape index (κ1) is 16.5. The summed E-state index contributed by atoms with van der Waals surface area (Å²) in [7, 11) is -1.04. The lowest BCUT2D eigenvalue weighted by molar-refractivity contribution is 0.378. The third kappa shape index (κ3) is 7.70. The first-order chi connectivity index (χ1) is 8.67. The highest BCUT2D eigenvalue weighted by Crippen LogP contribution is 2.39. The third-order valence-electron chi connectivity index (χ3n) is 1.69. The van der Waals surface area contributed by atoms with Gasteiger partial charge >= 0.3 is 0 Å². The fourth-order valence-corrected chi connectivity index (χ4v) is 1.98. The van der Waals surface area contributed by atoms with Crippen molar-refractivity contribution in [1.29, 1.82) is 0 Å². The van der Waals surface area contributed by atoms with Gasteiger partial charge in [-0.15, -0.1) is 0 Å². The normalized spacial score (nSPS) is 14.8. The predicted octanol–water partition coefficient (Wildman–Crippen LogP) is 5.25. The summed E-state index contributed by atoms with van der Waals surface area (Å²) in [5.74, 6) is 1.47. The molecule has 3 heteroatoms. The van der Waals surface area contributed by atoms with Crippen molar-refractivity contribution in [2.24, 2.45) is 0 Å². The van der Waals surface area contributed by atoms with Gasteiger partial charge in [-0.25, -0.2) is 0 Å². The zero-order valence-electron chi connectivity index (χ0n) is 11.3. The van der Waals surface area contributed by atoms with Gasteiger partial charge in [0.05, 0.1) is 0 Å². The van der Waals surface area contributed by atoms with Crippen LogP contribution in [0, 0.1) is 0 Å². The van der Waals surface area contributed by atoms with Crippen molar-refractivity contribution in [2.75, 3.05) is 6.66 Å². The smallest absolute Gasteiger partial charge is 0.286 e. The average molecular weight is 264 g/mol. The molecule has 0 amide bonds. The summed E-state index contributed by atoms with van der Waals surface area (Å²) < 4.78 is 11.4. The van der Waals surface area contributed by atoms with Crippen molar-refractivity contribution < 1.29 is 9.05 Å². The summed E-state index contributed by atoms with van der Waals surface area (Å²) in [6.07, 6.45) is 14.5. The Morgan fingerprint density at radius 3 is 1.56 bits per heavy atom. The van der Waals surface area contributed by atoms with Crippen LogP contribution in [0.2, 0.25) is 0 Å². The van der Waals surface area contributed by atoms with Crippen LogP contribution >= 0.6 is 8.38 Å². The minimum Gasteiger partial charge on any atom is -0.439 e. The third-order valence-corrected chi connectivity index (χ3v) is 2.63. The Kier molecular flexibility index (Phi) is 9.71. The van der Waals surface area contributed by atoms with E-state index in [0.29, 0.717) is 0 Å². The van der Waals surface area contributed by atoms with E-state index in [9.17, 15) is 0 Å². The number of hydrogen-bond acceptors (Lipinski definition) is 2. The van der Waals surface area contributed by atoms with E-state index in [0.717, 1.165) is 11.5 Å². The molecule has 0 saturated carbocycles. The Morgan fingerprint density at radius 1 is 0.889 bits per heavy atom. The van der Waals surface area contributed by atoms with Gasteiger partial charge in [0.1, 0.15) is 11.5 Å². The molecule has 0 aliphatic carbocycles. The second-order valence-corrected chi connectivity index (χ2v) is 4.48. The maximum absolute atomic E-state index is 5.69. The summed E-state index contributed by atoms with van der Waals surface area (Å²) in [4.78, 5) is 0. The average Bonchev–Trinajstić information content (AvgIpc) is 2.30. The molecule has 0 spiro atoms. The van der Waals surface area contributed by atoms with Crippen LogP contribution in [-0.2, 0) is 9.05 Å². The fourth-order valence-electron chi connectivity index (χ4n) is 1.11. The van der Waals surface area contributed by atoms with Crippen molar-refractivity contribution in [1.82, 2.24) is 0 Å². The minimum atomic E-state index is -1.04. The Hall–Kier alpha value is -1.53. The lowest BCUT2D eigenvalue weighted by Gasteiger charge is -2.15. The molecule has 0 aromatic rings. The van der Waals surface area contributed by atoms with E-state index < -0.39 is 8.38 Å². The maximum Gasteiger partial charge on any atom is 0.286 e. The molecule has 98 valence electrons. The molecule has 0 aromatic carbocycles. The van der Waals surface area contributed by atoms with Crippen LogP contribution in [0.3, 0.4) is 0 Å². The zero-order valence-corrected chi connectivity index (χ0v) is 12.2. The van der Waals surface area contributed by atoms with E-state index in [1.54, 1.807) is 24.3 Å². The van der Waals surface area contributed by atoms with Gasteiger partial charge in [-0.1, -0.05) is 37.5 Å². The second-order valence-electron chi connectivity index (χ2n) is 3.23. The zero-order chi connectivity index (χ0) is 13.8. The monoisotopic (exact) mass is 264 g/mol. The van der Waals surface area contributed by atoms with Gasteiger partial charge in [-0.2, -0.15) is 0 Å². The van der Waals surface area contributed by atoms with Gasteiger partial charge in [0.15, 0.2) is 0 Å². The number of hydrogen-bond donors (Lipinski definition) is 0. The molecule has 0 N–H and O–H groups in total. The molecule has 0 atom stereocenters. The number of allylic oxidation sites excluding steroid dienone is 8. The summed E-state index contributed by atoms with van der Waals surface area (Å²) >= 11 is 0. The molecule has 0 fully saturated rings. The molecule has 2 nitrogen and oxygen atoms in total. The lowest BCUT2D eigenvalue weighted by atomic mass is 10.4. The highest BCUT2D eigenvalue weighted by molar-refractivity contribution is 7.46. The van der Waals surface area contributed by atoms with E-state index in [4.69, 9.17) is 9.05 Å². The van der Waals surface area contributed by atoms with Gasteiger partial charge in [-0.05, 0) is 38.2 Å². The topological polar surface area (TPSA) is 18.5 Å². The van der Waals surface area contributed by atoms with Crippen LogP contribution in [0.15, 0.2) is 73.3 Å². The Morgan fingerprint density at radius 2 is 1.28 bits per heavy atom. The highest BCUT2D eigenvalue weighted by Gasteiger charge is 2.07. The summed E-state index contributed by atoms with van der Waals surface area (Å²) in [5.41, 5.74) is 0. The molecule has 0 aliphatic rings. The van der Waals surface area contributed by atoms with Crippen molar-refractivity contribution in [3.05, 3.63) is 73.3 Å². The van der Waals surface area contributed by atoms with Crippen LogP contribution in [0.25, 0.3) is 0 Å². The van der Waals surface area contributed by atoms with Crippen molar-refractivity contribution in [3.8, 4) is 0 Å². The summed E-state index contributed by atoms with van der Waals surface area (Å²) in [5, 5.41) is 0. The molecule has 0 rings (SSSR count). The van der Waals surface area contributed by atoms with E-state index >= 15 is 0 Å². The fraction of sp³-hybridized carbons (Fsp3) is 0.200. The van der Waals surface area contributed by atoms with E-state index in [1.807, 2.05) is 44.8 Å². The largest absolute Gasteiger partial charge is 0.439 e. The lowest BCUT2D eigenvalue weighted by Crippen LogP contribution is -1.89. The SMILES string of the molecule is C=CC=C(C=CC)OP(C)OC(C=CC)=CC=C. The Labute approximate surface area is 112 Å². The minimum absolute atomic E-state index is 0.736. The first-order valence-electron chi connectivity index (χ1n) is 5.68. The Balaban J connectivity index is 4.60. The molecule has 0 bridgehead atoms. The molecule has 18 heavy (non-hydrogen) atoms. The first-order valence-corrected chi connectivity index (χ1v) is 7.30. The second kappa shape index (κ2) is 10.6. The molecule has 0 saturated heterocycles.